The summed E-state index contributed by atoms with van der Waals surface area (Å²) < 4.78 is 0. The molecule has 0 aliphatic heterocycles. The van der Waals surface area contributed by atoms with Gasteiger partial charge in [-0.15, -0.1) is 0 Å². The van der Waals surface area contributed by atoms with E-state index in [0.29, 0.717) is 0 Å². The minimum atomic E-state index is 0.920. The van der Waals surface area contributed by atoms with E-state index >= 15 is 0 Å². The Morgan fingerprint density at radius 2 is 1.55 bits per heavy atom. The van der Waals surface area contributed by atoms with E-state index in [1.54, 1.807) is 0 Å². The number of hydrogen-bond acceptors (Lipinski definition) is 4. The highest BCUT2D eigenvalue weighted by Gasteiger charge is 2.06. The van der Waals surface area contributed by atoms with E-state index in [2.05, 4.69) is 41.4 Å². The minimum Gasteiger partial charge on any atom is -0.388 e. The zero-order chi connectivity index (χ0) is 14.3. The number of benzene rings is 2. The first-order chi connectivity index (χ1) is 9.58. The van der Waals surface area contributed by atoms with E-state index in [-0.39, 0.29) is 0 Å². The van der Waals surface area contributed by atoms with Gasteiger partial charge in [0.25, 0.3) is 0 Å². The second kappa shape index (κ2) is 4.63. The topological polar surface area (TPSA) is 41.1 Å². The number of hydrogen-bond donors (Lipinski definition) is 1. The minimum absolute atomic E-state index is 0.920. The molecule has 0 amide bonds. The fourth-order valence-corrected chi connectivity index (χ4v) is 2.36. The van der Waals surface area contributed by atoms with Crippen molar-refractivity contribution in [1.82, 2.24) is 9.97 Å². The number of fused-ring (bicyclic) bond motifs is 2. The van der Waals surface area contributed by atoms with Crippen LogP contribution < -0.4 is 10.2 Å². The van der Waals surface area contributed by atoms with Crippen molar-refractivity contribution in [3.8, 4) is 0 Å². The number of aromatic nitrogens is 2. The number of nitrogens with zero attached hydrogens (tertiary/aromatic N) is 3. The zero-order valence-corrected chi connectivity index (χ0v) is 12.2. The molecule has 0 aliphatic carbocycles. The van der Waals surface area contributed by atoms with Gasteiger partial charge in [0.1, 0.15) is 0 Å². The first kappa shape index (κ1) is 12.7. The van der Waals surface area contributed by atoms with Crippen LogP contribution in [0.25, 0.3) is 22.1 Å². The van der Waals surface area contributed by atoms with E-state index in [9.17, 15) is 0 Å². The standard InChI is InChI=1S/C16H18N4/c1-10-7-14-16(9-13(10)17-2)19-15-8-11(20(3)4)5-6-12(15)18-14/h5-9,17H,1-4H3. The Labute approximate surface area is 118 Å². The Bertz CT molecular complexity index is 793. The molecule has 0 radical (unpaired) electrons. The Kier molecular flexibility index (Phi) is 2.93. The summed E-state index contributed by atoms with van der Waals surface area (Å²) in [4.78, 5) is 11.5. The molecular weight excluding hydrogens is 248 g/mol. The van der Waals surface area contributed by atoms with Gasteiger partial charge < -0.3 is 10.2 Å². The Hall–Kier alpha value is -2.36. The molecule has 3 aromatic rings. The Morgan fingerprint density at radius 1 is 0.900 bits per heavy atom. The third-order valence-electron chi connectivity index (χ3n) is 3.55. The molecule has 0 spiro atoms. The number of aryl methyl sites for hydroxylation is 1. The molecule has 4 nitrogen and oxygen atoms in total. The van der Waals surface area contributed by atoms with Crippen molar-refractivity contribution in [3.05, 3.63) is 35.9 Å². The van der Waals surface area contributed by atoms with Gasteiger partial charge in [-0.25, -0.2) is 9.97 Å². The average molecular weight is 266 g/mol. The van der Waals surface area contributed by atoms with Crippen LogP contribution in [0.1, 0.15) is 5.56 Å². The van der Waals surface area contributed by atoms with Crippen LogP contribution in [-0.4, -0.2) is 31.1 Å². The third kappa shape index (κ3) is 2.03. The molecule has 4 heteroatoms. The van der Waals surface area contributed by atoms with Crippen molar-refractivity contribution in [3.63, 3.8) is 0 Å². The van der Waals surface area contributed by atoms with E-state index in [4.69, 9.17) is 9.97 Å². The van der Waals surface area contributed by atoms with Crippen LogP contribution in [0.5, 0.6) is 0 Å². The molecule has 0 saturated heterocycles. The first-order valence-corrected chi connectivity index (χ1v) is 6.66. The lowest BCUT2D eigenvalue weighted by Crippen LogP contribution is -2.08. The lowest BCUT2D eigenvalue weighted by molar-refractivity contribution is 1.13. The molecule has 1 aromatic heterocycles. The molecule has 0 atom stereocenters. The van der Waals surface area contributed by atoms with Gasteiger partial charge in [-0.2, -0.15) is 0 Å². The molecule has 0 unspecified atom stereocenters. The fraction of sp³-hybridized carbons (Fsp3) is 0.250. The molecule has 3 rings (SSSR count). The van der Waals surface area contributed by atoms with Crippen LogP contribution >= 0.6 is 0 Å². The summed E-state index contributed by atoms with van der Waals surface area (Å²) in [6, 6.07) is 10.3. The van der Waals surface area contributed by atoms with Gasteiger partial charge in [-0.05, 0) is 42.8 Å². The quantitative estimate of drug-likeness (QED) is 0.723. The molecule has 2 aromatic carbocycles. The molecule has 1 N–H and O–H groups in total. The number of nitrogens with one attached hydrogen (secondary N) is 1. The second-order valence-corrected chi connectivity index (χ2v) is 5.20. The van der Waals surface area contributed by atoms with E-state index in [0.717, 1.165) is 33.4 Å². The summed E-state index contributed by atoms with van der Waals surface area (Å²) in [7, 11) is 5.98. The maximum Gasteiger partial charge on any atom is 0.0915 e. The van der Waals surface area contributed by atoms with Gasteiger partial charge in [0.05, 0.1) is 22.1 Å². The molecule has 0 aliphatic rings. The number of rotatable bonds is 2. The summed E-state index contributed by atoms with van der Waals surface area (Å²) in [6.07, 6.45) is 0. The van der Waals surface area contributed by atoms with Crippen LogP contribution in [0.4, 0.5) is 11.4 Å². The normalized spacial score (nSPS) is 11.0. The van der Waals surface area contributed by atoms with Crippen LogP contribution in [-0.2, 0) is 0 Å². The highest BCUT2D eigenvalue weighted by molar-refractivity contribution is 5.90. The lowest BCUT2D eigenvalue weighted by Gasteiger charge is -2.13. The van der Waals surface area contributed by atoms with Gasteiger partial charge in [0.2, 0.25) is 0 Å². The van der Waals surface area contributed by atoms with Gasteiger partial charge in [0.15, 0.2) is 0 Å². The highest BCUT2D eigenvalue weighted by atomic mass is 15.1. The van der Waals surface area contributed by atoms with E-state index < -0.39 is 0 Å². The van der Waals surface area contributed by atoms with E-state index in [1.165, 1.54) is 5.56 Å². The van der Waals surface area contributed by atoms with Crippen LogP contribution in [0.2, 0.25) is 0 Å². The second-order valence-electron chi connectivity index (χ2n) is 5.20. The summed E-state index contributed by atoms with van der Waals surface area (Å²) in [5.41, 5.74) is 7.12. The number of anilines is 2. The SMILES string of the molecule is CNc1cc2nc3cc(N(C)C)ccc3nc2cc1C. The predicted octanol–water partition coefficient (Wildman–Crippen LogP) is 3.20. The molecule has 20 heavy (non-hydrogen) atoms. The average Bonchev–Trinajstić information content (AvgIpc) is 2.43. The van der Waals surface area contributed by atoms with E-state index in [1.807, 2.05) is 27.2 Å². The van der Waals surface area contributed by atoms with Crippen molar-refractivity contribution in [1.29, 1.82) is 0 Å². The molecule has 102 valence electrons. The molecule has 0 fully saturated rings. The van der Waals surface area contributed by atoms with Crippen molar-refractivity contribution in [2.45, 2.75) is 6.92 Å². The predicted molar refractivity (Wildman–Crippen MR) is 85.7 cm³/mol. The highest BCUT2D eigenvalue weighted by Crippen LogP contribution is 2.24. The Balaban J connectivity index is 2.29. The van der Waals surface area contributed by atoms with Gasteiger partial charge in [0, 0.05) is 32.5 Å². The summed E-state index contributed by atoms with van der Waals surface area (Å²) in [5.74, 6) is 0. The van der Waals surface area contributed by atoms with Gasteiger partial charge >= 0.3 is 0 Å². The maximum atomic E-state index is 4.74. The van der Waals surface area contributed by atoms with Crippen LogP contribution in [0, 0.1) is 6.92 Å². The summed E-state index contributed by atoms with van der Waals surface area (Å²) in [6.45, 7) is 2.08. The molecule has 1 heterocycles. The summed E-state index contributed by atoms with van der Waals surface area (Å²) in [5, 5.41) is 3.19. The van der Waals surface area contributed by atoms with Crippen molar-refractivity contribution in [2.75, 3.05) is 31.4 Å². The lowest BCUT2D eigenvalue weighted by atomic mass is 10.1. The van der Waals surface area contributed by atoms with Crippen molar-refractivity contribution < 1.29 is 0 Å². The largest absolute Gasteiger partial charge is 0.388 e. The maximum absolute atomic E-state index is 4.74. The first-order valence-electron chi connectivity index (χ1n) is 6.66. The van der Waals surface area contributed by atoms with Crippen LogP contribution in [0.3, 0.4) is 0 Å². The fourth-order valence-electron chi connectivity index (χ4n) is 2.36. The third-order valence-corrected chi connectivity index (χ3v) is 3.55. The zero-order valence-electron chi connectivity index (χ0n) is 12.2. The van der Waals surface area contributed by atoms with Gasteiger partial charge in [-0.3, -0.25) is 0 Å². The van der Waals surface area contributed by atoms with Crippen molar-refractivity contribution >= 4 is 33.4 Å². The van der Waals surface area contributed by atoms with Crippen molar-refractivity contribution in [2.24, 2.45) is 0 Å². The molecule has 0 saturated carbocycles. The smallest absolute Gasteiger partial charge is 0.0915 e. The summed E-state index contributed by atoms with van der Waals surface area (Å²) >= 11 is 0. The Morgan fingerprint density at radius 3 is 2.25 bits per heavy atom. The molecule has 0 bridgehead atoms. The van der Waals surface area contributed by atoms with Gasteiger partial charge in [-0.1, -0.05) is 0 Å². The monoisotopic (exact) mass is 266 g/mol. The molecular formula is C16H18N4. The van der Waals surface area contributed by atoms with Crippen LogP contribution in [0.15, 0.2) is 30.3 Å².